The molecule has 0 atom stereocenters. The van der Waals surface area contributed by atoms with Gasteiger partial charge in [0.1, 0.15) is 11.5 Å². The molecule has 0 saturated carbocycles. The SMILES string of the molecule is COc1cccc(N2CCN(S(=O)(=O)CCCOc3ccc4c(c3)OCO4)CC2)c1. The summed E-state index contributed by atoms with van der Waals surface area (Å²) in [5, 5.41) is 0. The molecule has 2 aromatic rings. The summed E-state index contributed by atoms with van der Waals surface area (Å²) >= 11 is 0. The van der Waals surface area contributed by atoms with Crippen molar-refractivity contribution >= 4 is 15.7 Å². The van der Waals surface area contributed by atoms with Crippen molar-refractivity contribution in [2.45, 2.75) is 6.42 Å². The Morgan fingerprint density at radius 2 is 1.77 bits per heavy atom. The molecule has 2 heterocycles. The fourth-order valence-electron chi connectivity index (χ4n) is 3.56. The second-order valence-corrected chi connectivity index (χ2v) is 9.21. The maximum atomic E-state index is 12.7. The molecule has 9 heteroatoms. The number of benzene rings is 2. The molecule has 2 aliphatic heterocycles. The Hall–Kier alpha value is -2.65. The van der Waals surface area contributed by atoms with Crippen LogP contribution in [-0.2, 0) is 10.0 Å². The quantitative estimate of drug-likeness (QED) is 0.590. The first-order valence-electron chi connectivity index (χ1n) is 9.94. The molecule has 0 aromatic heterocycles. The van der Waals surface area contributed by atoms with E-state index < -0.39 is 10.0 Å². The standard InChI is InChI=1S/C21H26N2O6S/c1-26-18-5-2-4-17(14-18)22-8-10-23(11-9-22)30(24,25)13-3-12-27-19-6-7-20-21(15-19)29-16-28-20/h2,4-7,14-15H,3,8-13,16H2,1H3. The summed E-state index contributed by atoms with van der Waals surface area (Å²) in [6.45, 7) is 2.79. The van der Waals surface area contributed by atoms with E-state index in [9.17, 15) is 8.42 Å². The van der Waals surface area contributed by atoms with Gasteiger partial charge in [-0.15, -0.1) is 0 Å². The van der Waals surface area contributed by atoms with Gasteiger partial charge in [0, 0.05) is 44.0 Å². The molecule has 0 N–H and O–H groups in total. The fraction of sp³-hybridized carbons (Fsp3) is 0.429. The largest absolute Gasteiger partial charge is 0.497 e. The van der Waals surface area contributed by atoms with Crippen LogP contribution in [0.3, 0.4) is 0 Å². The summed E-state index contributed by atoms with van der Waals surface area (Å²) in [5.41, 5.74) is 1.04. The van der Waals surface area contributed by atoms with Crippen LogP contribution in [-0.4, -0.2) is 65.2 Å². The average Bonchev–Trinajstić information content (AvgIpc) is 3.25. The highest BCUT2D eigenvalue weighted by Crippen LogP contribution is 2.35. The first-order chi connectivity index (χ1) is 14.5. The zero-order valence-electron chi connectivity index (χ0n) is 17.0. The molecule has 0 amide bonds. The Morgan fingerprint density at radius 1 is 0.967 bits per heavy atom. The smallest absolute Gasteiger partial charge is 0.231 e. The molecule has 162 valence electrons. The molecule has 0 aliphatic carbocycles. The molecule has 0 unspecified atom stereocenters. The maximum absolute atomic E-state index is 12.7. The predicted molar refractivity (Wildman–Crippen MR) is 113 cm³/mol. The second-order valence-electron chi connectivity index (χ2n) is 7.12. The molecule has 30 heavy (non-hydrogen) atoms. The number of piperazine rings is 1. The Balaban J connectivity index is 1.23. The zero-order chi connectivity index (χ0) is 21.0. The minimum absolute atomic E-state index is 0.0662. The van der Waals surface area contributed by atoms with Gasteiger partial charge in [-0.25, -0.2) is 8.42 Å². The molecule has 0 bridgehead atoms. The van der Waals surface area contributed by atoms with Gasteiger partial charge in [0.25, 0.3) is 0 Å². The highest BCUT2D eigenvalue weighted by molar-refractivity contribution is 7.89. The van der Waals surface area contributed by atoms with Gasteiger partial charge in [-0.05, 0) is 30.7 Å². The van der Waals surface area contributed by atoms with Gasteiger partial charge >= 0.3 is 0 Å². The second kappa shape index (κ2) is 9.01. The minimum Gasteiger partial charge on any atom is -0.497 e. The third-order valence-corrected chi connectivity index (χ3v) is 7.17. The Kier molecular flexibility index (Phi) is 6.19. The summed E-state index contributed by atoms with van der Waals surface area (Å²) in [6.07, 6.45) is 0.423. The van der Waals surface area contributed by atoms with Crippen LogP contribution in [0.1, 0.15) is 6.42 Å². The summed E-state index contributed by atoms with van der Waals surface area (Å²) in [5.74, 6) is 2.84. The van der Waals surface area contributed by atoms with Gasteiger partial charge in [-0.2, -0.15) is 4.31 Å². The van der Waals surface area contributed by atoms with E-state index in [2.05, 4.69) is 4.90 Å². The van der Waals surface area contributed by atoms with Gasteiger partial charge in [0.2, 0.25) is 16.8 Å². The number of methoxy groups -OCH3 is 1. The minimum atomic E-state index is -3.31. The number of ether oxygens (including phenoxy) is 4. The van der Waals surface area contributed by atoms with Gasteiger partial charge in [0.05, 0.1) is 19.5 Å². The monoisotopic (exact) mass is 434 g/mol. The van der Waals surface area contributed by atoms with Crippen LogP contribution in [0.4, 0.5) is 5.69 Å². The van der Waals surface area contributed by atoms with Crippen LogP contribution >= 0.6 is 0 Å². The number of anilines is 1. The summed E-state index contributed by atoms with van der Waals surface area (Å²) < 4.78 is 48.5. The lowest BCUT2D eigenvalue weighted by Gasteiger charge is -2.35. The highest BCUT2D eigenvalue weighted by atomic mass is 32.2. The van der Waals surface area contributed by atoms with Crippen LogP contribution in [0, 0.1) is 0 Å². The Morgan fingerprint density at radius 3 is 2.57 bits per heavy atom. The van der Waals surface area contributed by atoms with Gasteiger partial charge < -0.3 is 23.8 Å². The van der Waals surface area contributed by atoms with E-state index in [1.807, 2.05) is 24.3 Å². The summed E-state index contributed by atoms with van der Waals surface area (Å²) in [7, 11) is -1.67. The first kappa shape index (κ1) is 20.6. The molecule has 1 saturated heterocycles. The lowest BCUT2D eigenvalue weighted by molar-refractivity contribution is 0.173. The molecule has 2 aliphatic rings. The number of nitrogens with zero attached hydrogens (tertiary/aromatic N) is 2. The van der Waals surface area contributed by atoms with Gasteiger partial charge in [-0.1, -0.05) is 6.07 Å². The lowest BCUT2D eigenvalue weighted by Crippen LogP contribution is -2.49. The molecular weight excluding hydrogens is 408 g/mol. The molecule has 0 spiro atoms. The molecule has 4 rings (SSSR count). The molecule has 1 fully saturated rings. The van der Waals surface area contributed by atoms with E-state index in [-0.39, 0.29) is 12.5 Å². The van der Waals surface area contributed by atoms with E-state index in [0.717, 1.165) is 11.4 Å². The first-order valence-corrected chi connectivity index (χ1v) is 11.6. The molecular formula is C21H26N2O6S. The van der Waals surface area contributed by atoms with Crippen LogP contribution < -0.4 is 23.8 Å². The third-order valence-electron chi connectivity index (χ3n) is 5.21. The van der Waals surface area contributed by atoms with E-state index in [4.69, 9.17) is 18.9 Å². The fourth-order valence-corrected chi connectivity index (χ4v) is 5.02. The predicted octanol–water partition coefficient (Wildman–Crippen LogP) is 2.34. The Labute approximate surface area is 176 Å². The average molecular weight is 435 g/mol. The van der Waals surface area contributed by atoms with E-state index in [1.54, 1.807) is 29.6 Å². The van der Waals surface area contributed by atoms with Crippen molar-refractivity contribution in [3.8, 4) is 23.0 Å². The maximum Gasteiger partial charge on any atom is 0.231 e. The summed E-state index contributed by atoms with van der Waals surface area (Å²) in [6, 6.07) is 13.2. The van der Waals surface area contributed by atoms with Crippen molar-refractivity contribution in [1.29, 1.82) is 0 Å². The third kappa shape index (κ3) is 4.73. The number of rotatable bonds is 8. The number of hydrogen-bond donors (Lipinski definition) is 0. The van der Waals surface area contributed by atoms with E-state index in [1.165, 1.54) is 0 Å². The van der Waals surface area contributed by atoms with Crippen molar-refractivity contribution < 1.29 is 27.4 Å². The normalized spacial score (nSPS) is 16.5. The van der Waals surface area contributed by atoms with Crippen molar-refractivity contribution in [3.63, 3.8) is 0 Å². The van der Waals surface area contributed by atoms with Gasteiger partial charge in [0.15, 0.2) is 11.5 Å². The number of sulfonamides is 1. The molecule has 2 aromatic carbocycles. The summed E-state index contributed by atoms with van der Waals surface area (Å²) in [4.78, 5) is 2.18. The highest BCUT2D eigenvalue weighted by Gasteiger charge is 2.27. The number of hydrogen-bond acceptors (Lipinski definition) is 7. The van der Waals surface area contributed by atoms with Crippen LogP contribution in [0.5, 0.6) is 23.0 Å². The lowest BCUT2D eigenvalue weighted by atomic mass is 10.2. The zero-order valence-corrected chi connectivity index (χ0v) is 17.8. The van der Waals surface area contributed by atoms with Crippen LogP contribution in [0.2, 0.25) is 0 Å². The van der Waals surface area contributed by atoms with Gasteiger partial charge in [-0.3, -0.25) is 0 Å². The van der Waals surface area contributed by atoms with Crippen molar-refractivity contribution in [3.05, 3.63) is 42.5 Å². The van der Waals surface area contributed by atoms with Crippen LogP contribution in [0.25, 0.3) is 0 Å². The van der Waals surface area contributed by atoms with Crippen LogP contribution in [0.15, 0.2) is 42.5 Å². The van der Waals surface area contributed by atoms with Crippen molar-refractivity contribution in [1.82, 2.24) is 4.31 Å². The van der Waals surface area contributed by atoms with Crippen molar-refractivity contribution in [2.24, 2.45) is 0 Å². The molecule has 0 radical (unpaired) electrons. The van der Waals surface area contributed by atoms with E-state index >= 15 is 0 Å². The topological polar surface area (TPSA) is 77.5 Å². The van der Waals surface area contributed by atoms with Crippen molar-refractivity contribution in [2.75, 3.05) is 57.3 Å². The molecule has 8 nitrogen and oxygen atoms in total. The Bertz CT molecular complexity index is 973. The van der Waals surface area contributed by atoms with E-state index in [0.29, 0.717) is 56.5 Å². The number of fused-ring (bicyclic) bond motifs is 1.